The highest BCUT2D eigenvalue weighted by Gasteiger charge is 2.10. The second-order valence-electron chi connectivity index (χ2n) is 4.42. The summed E-state index contributed by atoms with van der Waals surface area (Å²) < 4.78 is 5.20. The number of rotatable bonds is 3. The number of nitrogens with zero attached hydrogens (tertiary/aromatic N) is 2. The Morgan fingerprint density at radius 1 is 1.28 bits per heavy atom. The molecule has 4 nitrogen and oxygen atoms in total. The van der Waals surface area contributed by atoms with Crippen molar-refractivity contribution in [2.24, 2.45) is 0 Å². The molecule has 0 unspecified atom stereocenters. The lowest BCUT2D eigenvalue weighted by Crippen LogP contribution is -2.03. The van der Waals surface area contributed by atoms with Crippen LogP contribution in [0.25, 0.3) is 11.4 Å². The van der Waals surface area contributed by atoms with Gasteiger partial charge in [-0.2, -0.15) is 0 Å². The van der Waals surface area contributed by atoms with Crippen molar-refractivity contribution < 1.29 is 4.74 Å². The Hall–Kier alpha value is -2.10. The number of nitrogens with two attached hydrogens (primary N) is 1. The number of methoxy groups -OCH3 is 1. The van der Waals surface area contributed by atoms with E-state index >= 15 is 0 Å². The van der Waals surface area contributed by atoms with E-state index in [1.807, 2.05) is 24.3 Å². The number of benzene rings is 1. The molecule has 0 atom stereocenters. The van der Waals surface area contributed by atoms with Gasteiger partial charge in [0.25, 0.3) is 0 Å². The molecule has 0 aliphatic rings. The summed E-state index contributed by atoms with van der Waals surface area (Å²) in [5.41, 5.74) is 8.32. The van der Waals surface area contributed by atoms with Crippen LogP contribution in [0.3, 0.4) is 0 Å². The lowest BCUT2D eigenvalue weighted by Gasteiger charge is -2.10. The van der Waals surface area contributed by atoms with Gasteiger partial charge in [-0.05, 0) is 18.1 Å². The van der Waals surface area contributed by atoms with Crippen LogP contribution in [0.15, 0.2) is 30.5 Å². The first-order valence-corrected chi connectivity index (χ1v) is 5.88. The minimum atomic E-state index is 0.275. The Morgan fingerprint density at radius 3 is 2.72 bits per heavy atom. The number of hydrogen-bond donors (Lipinski definition) is 1. The number of hydrogen-bond acceptors (Lipinski definition) is 4. The zero-order valence-electron chi connectivity index (χ0n) is 10.8. The fourth-order valence-electron chi connectivity index (χ4n) is 1.77. The molecule has 0 bridgehead atoms. The van der Waals surface area contributed by atoms with E-state index in [1.54, 1.807) is 13.3 Å². The quantitative estimate of drug-likeness (QED) is 0.900. The normalized spacial score (nSPS) is 10.7. The summed E-state index contributed by atoms with van der Waals surface area (Å²) in [7, 11) is 1.64. The summed E-state index contributed by atoms with van der Waals surface area (Å²) in [4.78, 5) is 8.80. The molecule has 1 aromatic heterocycles. The molecule has 0 aliphatic heterocycles. The molecular formula is C14H17N3O. The largest absolute Gasteiger partial charge is 0.497 e. The minimum absolute atomic E-state index is 0.275. The minimum Gasteiger partial charge on any atom is -0.497 e. The van der Waals surface area contributed by atoms with E-state index in [-0.39, 0.29) is 5.92 Å². The molecule has 1 aromatic carbocycles. The lowest BCUT2D eigenvalue weighted by atomic mass is 10.1. The Kier molecular flexibility index (Phi) is 3.46. The fraction of sp³-hybridized carbons (Fsp3) is 0.286. The lowest BCUT2D eigenvalue weighted by molar-refractivity contribution is 0.415. The third kappa shape index (κ3) is 2.42. The maximum absolute atomic E-state index is 5.87. The van der Waals surface area contributed by atoms with Crippen LogP contribution in [0.5, 0.6) is 5.75 Å². The SMILES string of the molecule is COc1cccc(-c2ncc(N)c(C(C)C)n2)c1. The molecule has 0 saturated carbocycles. The maximum Gasteiger partial charge on any atom is 0.159 e. The van der Waals surface area contributed by atoms with Crippen LogP contribution in [-0.4, -0.2) is 17.1 Å². The first kappa shape index (κ1) is 12.4. The van der Waals surface area contributed by atoms with Crippen LogP contribution in [0.2, 0.25) is 0 Å². The molecule has 2 aromatic rings. The Bertz CT molecular complexity index is 552. The van der Waals surface area contributed by atoms with Crippen LogP contribution in [0.1, 0.15) is 25.5 Å². The molecule has 18 heavy (non-hydrogen) atoms. The first-order valence-electron chi connectivity index (χ1n) is 5.88. The second-order valence-corrected chi connectivity index (χ2v) is 4.42. The third-order valence-corrected chi connectivity index (χ3v) is 2.72. The molecule has 0 aliphatic carbocycles. The van der Waals surface area contributed by atoms with Crippen molar-refractivity contribution in [1.82, 2.24) is 9.97 Å². The van der Waals surface area contributed by atoms with E-state index in [4.69, 9.17) is 10.5 Å². The predicted octanol–water partition coefficient (Wildman–Crippen LogP) is 2.86. The van der Waals surface area contributed by atoms with E-state index in [0.717, 1.165) is 17.0 Å². The summed E-state index contributed by atoms with van der Waals surface area (Å²) >= 11 is 0. The molecule has 94 valence electrons. The van der Waals surface area contributed by atoms with E-state index in [9.17, 15) is 0 Å². The number of aromatic nitrogens is 2. The van der Waals surface area contributed by atoms with Gasteiger partial charge in [-0.3, -0.25) is 0 Å². The summed E-state index contributed by atoms with van der Waals surface area (Å²) in [5, 5.41) is 0. The van der Waals surface area contributed by atoms with E-state index in [1.165, 1.54) is 0 Å². The van der Waals surface area contributed by atoms with Crippen LogP contribution in [0.4, 0.5) is 5.69 Å². The highest BCUT2D eigenvalue weighted by molar-refractivity contribution is 5.59. The summed E-state index contributed by atoms with van der Waals surface area (Å²) in [6, 6.07) is 7.68. The molecule has 0 spiro atoms. The van der Waals surface area contributed by atoms with Crippen molar-refractivity contribution >= 4 is 5.69 Å². The molecule has 0 amide bonds. The van der Waals surface area contributed by atoms with Crippen LogP contribution < -0.4 is 10.5 Å². The highest BCUT2D eigenvalue weighted by atomic mass is 16.5. The average Bonchev–Trinajstić information content (AvgIpc) is 2.39. The number of ether oxygens (including phenoxy) is 1. The Balaban J connectivity index is 2.47. The van der Waals surface area contributed by atoms with Crippen molar-refractivity contribution in [3.8, 4) is 17.1 Å². The molecule has 1 heterocycles. The van der Waals surface area contributed by atoms with Gasteiger partial charge < -0.3 is 10.5 Å². The topological polar surface area (TPSA) is 61.0 Å². The molecular weight excluding hydrogens is 226 g/mol. The summed E-state index contributed by atoms with van der Waals surface area (Å²) in [6.45, 7) is 4.13. The summed E-state index contributed by atoms with van der Waals surface area (Å²) in [6.07, 6.45) is 1.66. The standard InChI is InChI=1S/C14H17N3O/c1-9(2)13-12(15)8-16-14(17-13)10-5-4-6-11(7-10)18-3/h4-9H,15H2,1-3H3. The highest BCUT2D eigenvalue weighted by Crippen LogP contribution is 2.24. The average molecular weight is 243 g/mol. The maximum atomic E-state index is 5.87. The van der Waals surface area contributed by atoms with Crippen molar-refractivity contribution in [3.05, 3.63) is 36.2 Å². The van der Waals surface area contributed by atoms with Crippen LogP contribution in [-0.2, 0) is 0 Å². The van der Waals surface area contributed by atoms with Gasteiger partial charge in [0.15, 0.2) is 5.82 Å². The van der Waals surface area contributed by atoms with E-state index < -0.39 is 0 Å². The van der Waals surface area contributed by atoms with Crippen molar-refractivity contribution in [3.63, 3.8) is 0 Å². The smallest absolute Gasteiger partial charge is 0.159 e. The van der Waals surface area contributed by atoms with Crippen molar-refractivity contribution in [2.45, 2.75) is 19.8 Å². The number of nitrogen functional groups attached to an aromatic ring is 1. The van der Waals surface area contributed by atoms with Gasteiger partial charge in [0.1, 0.15) is 5.75 Å². The van der Waals surface area contributed by atoms with Gasteiger partial charge in [0, 0.05) is 5.56 Å². The van der Waals surface area contributed by atoms with Gasteiger partial charge >= 0.3 is 0 Å². The van der Waals surface area contributed by atoms with Gasteiger partial charge in [0.2, 0.25) is 0 Å². The predicted molar refractivity (Wildman–Crippen MR) is 72.5 cm³/mol. The molecule has 0 saturated heterocycles. The monoisotopic (exact) mass is 243 g/mol. The Labute approximate surface area is 107 Å². The molecule has 4 heteroatoms. The van der Waals surface area contributed by atoms with E-state index in [2.05, 4.69) is 23.8 Å². The van der Waals surface area contributed by atoms with Crippen LogP contribution >= 0.6 is 0 Å². The van der Waals surface area contributed by atoms with Crippen molar-refractivity contribution in [2.75, 3.05) is 12.8 Å². The van der Waals surface area contributed by atoms with E-state index in [0.29, 0.717) is 11.5 Å². The van der Waals surface area contributed by atoms with Gasteiger partial charge in [-0.15, -0.1) is 0 Å². The van der Waals surface area contributed by atoms with Crippen molar-refractivity contribution in [1.29, 1.82) is 0 Å². The first-order chi connectivity index (χ1) is 8.61. The molecule has 0 radical (unpaired) electrons. The molecule has 2 rings (SSSR count). The van der Waals surface area contributed by atoms with Gasteiger partial charge in [-0.1, -0.05) is 26.0 Å². The fourth-order valence-corrected chi connectivity index (χ4v) is 1.77. The third-order valence-electron chi connectivity index (χ3n) is 2.72. The summed E-state index contributed by atoms with van der Waals surface area (Å²) in [5.74, 6) is 1.74. The zero-order chi connectivity index (χ0) is 13.1. The zero-order valence-corrected chi connectivity index (χ0v) is 10.8. The molecule has 2 N–H and O–H groups in total. The van der Waals surface area contributed by atoms with Gasteiger partial charge in [0.05, 0.1) is 24.7 Å². The second kappa shape index (κ2) is 5.04. The Morgan fingerprint density at radius 2 is 2.06 bits per heavy atom. The number of anilines is 1. The van der Waals surface area contributed by atoms with Gasteiger partial charge in [-0.25, -0.2) is 9.97 Å². The van der Waals surface area contributed by atoms with Crippen LogP contribution in [0, 0.1) is 0 Å². The molecule has 0 fully saturated rings.